The van der Waals surface area contributed by atoms with Gasteiger partial charge >= 0.3 is 0 Å². The summed E-state index contributed by atoms with van der Waals surface area (Å²) in [4.78, 5) is 18.0. The summed E-state index contributed by atoms with van der Waals surface area (Å²) in [5.41, 5.74) is 2.11. The third kappa shape index (κ3) is 5.73. The summed E-state index contributed by atoms with van der Waals surface area (Å²) >= 11 is 1.31. The van der Waals surface area contributed by atoms with Crippen LogP contribution < -0.4 is 19.5 Å². The summed E-state index contributed by atoms with van der Waals surface area (Å²) in [7, 11) is 3.10. The maximum Gasteiger partial charge on any atom is 0.294 e. The minimum absolute atomic E-state index is 0.130. The minimum atomic E-state index is -0.895. The number of benzene rings is 3. The van der Waals surface area contributed by atoms with E-state index < -0.39 is 23.1 Å². The second kappa shape index (κ2) is 11.7. The van der Waals surface area contributed by atoms with Crippen LogP contribution in [0.5, 0.6) is 16.7 Å². The van der Waals surface area contributed by atoms with Gasteiger partial charge in [0.15, 0.2) is 5.76 Å². The van der Waals surface area contributed by atoms with E-state index in [1.807, 2.05) is 19.1 Å². The van der Waals surface area contributed by atoms with Gasteiger partial charge in [-0.15, -0.1) is 5.10 Å². The van der Waals surface area contributed by atoms with Crippen LogP contribution in [-0.2, 0) is 13.0 Å². The molecule has 0 saturated heterocycles. The first-order valence-corrected chi connectivity index (χ1v) is 14.2. The molecule has 0 unspecified atom stereocenters. The number of nitrogens with zero attached hydrogens (tertiary/aromatic N) is 3. The smallest absolute Gasteiger partial charge is 0.294 e. The number of aryl methyl sites for hydroxylation is 1. The molecule has 3 heterocycles. The Bertz CT molecular complexity index is 1910. The average molecular weight is 605 g/mol. The van der Waals surface area contributed by atoms with Gasteiger partial charge in [-0.3, -0.25) is 4.79 Å². The summed E-state index contributed by atoms with van der Waals surface area (Å²) in [6.07, 6.45) is 3.01. The third-order valence-electron chi connectivity index (χ3n) is 6.71. The molecule has 1 N–H and O–H groups in total. The van der Waals surface area contributed by atoms with Crippen LogP contribution in [0, 0.1) is 11.6 Å². The van der Waals surface area contributed by atoms with Gasteiger partial charge < -0.3 is 23.9 Å². The zero-order chi connectivity index (χ0) is 30.1. The van der Waals surface area contributed by atoms with Gasteiger partial charge in [0.2, 0.25) is 4.96 Å². The quantitative estimate of drug-likeness (QED) is 0.175. The first-order chi connectivity index (χ1) is 20.8. The first kappa shape index (κ1) is 28.2. The molecule has 0 atom stereocenters. The van der Waals surface area contributed by atoms with Crippen molar-refractivity contribution in [1.82, 2.24) is 14.6 Å². The number of amides is 1. The molecule has 0 bridgehead atoms. The summed E-state index contributed by atoms with van der Waals surface area (Å²) in [6.45, 7) is 2.04. The molecule has 3 aromatic carbocycles. The van der Waals surface area contributed by atoms with E-state index in [1.54, 1.807) is 55.3 Å². The number of methoxy groups -OCH3 is 2. The van der Waals surface area contributed by atoms with Crippen LogP contribution in [0.25, 0.3) is 27.4 Å². The van der Waals surface area contributed by atoms with Crippen LogP contribution in [0.3, 0.4) is 0 Å². The molecule has 12 heteroatoms. The standard InChI is InChI=1S/C31H26F2N4O5S/c1-4-6-17-10-22(32)28(23(33)11-17)29(38)34-19-8-5-7-18(9-19)16-41-25-12-20(39-2)13-26-21(25)14-27(42-26)24-15-37-30(35-24)43-31(36-37)40-3/h5,7-15H,4,6,16H2,1-3H3,(H,34,38). The number of carbonyl (C=O) groups is 1. The van der Waals surface area contributed by atoms with E-state index >= 15 is 0 Å². The number of nitrogens with one attached hydrogen (secondary N) is 1. The topological polar surface area (TPSA) is 100 Å². The van der Waals surface area contributed by atoms with E-state index in [9.17, 15) is 13.6 Å². The number of fused-ring (bicyclic) bond motifs is 2. The lowest BCUT2D eigenvalue weighted by atomic mass is 10.1. The minimum Gasteiger partial charge on any atom is -0.496 e. The van der Waals surface area contributed by atoms with Crippen molar-refractivity contribution in [2.75, 3.05) is 19.5 Å². The molecule has 0 radical (unpaired) electrons. The largest absolute Gasteiger partial charge is 0.496 e. The summed E-state index contributed by atoms with van der Waals surface area (Å²) < 4.78 is 53.7. The van der Waals surface area contributed by atoms with Crippen LogP contribution in [0.4, 0.5) is 14.5 Å². The normalized spacial score (nSPS) is 11.3. The number of carbonyl (C=O) groups excluding carboxylic acids is 1. The molecule has 0 fully saturated rings. The first-order valence-electron chi connectivity index (χ1n) is 13.4. The van der Waals surface area contributed by atoms with E-state index in [2.05, 4.69) is 15.4 Å². The number of furan rings is 1. The van der Waals surface area contributed by atoms with Crippen molar-refractivity contribution in [1.29, 1.82) is 0 Å². The zero-order valence-corrected chi connectivity index (χ0v) is 24.3. The lowest BCUT2D eigenvalue weighted by Gasteiger charge is -2.12. The highest BCUT2D eigenvalue weighted by Gasteiger charge is 2.20. The second-order valence-electron chi connectivity index (χ2n) is 9.70. The molecule has 0 aliphatic carbocycles. The number of imidazole rings is 1. The van der Waals surface area contributed by atoms with Crippen LogP contribution >= 0.6 is 11.3 Å². The molecular weight excluding hydrogens is 578 g/mol. The monoisotopic (exact) mass is 604 g/mol. The van der Waals surface area contributed by atoms with Crippen LogP contribution in [0.2, 0.25) is 0 Å². The molecule has 3 aromatic heterocycles. The predicted octanol–water partition coefficient (Wildman–Crippen LogP) is 7.28. The van der Waals surface area contributed by atoms with Gasteiger partial charge in [0, 0.05) is 17.8 Å². The summed E-state index contributed by atoms with van der Waals surface area (Å²) in [6, 6.07) is 14.6. The van der Waals surface area contributed by atoms with Crippen LogP contribution in [0.15, 0.2) is 65.2 Å². The lowest BCUT2D eigenvalue weighted by molar-refractivity contribution is 0.101. The van der Waals surface area contributed by atoms with Crippen molar-refractivity contribution in [2.24, 2.45) is 0 Å². The SMILES string of the molecule is CCCc1cc(F)c(C(=O)Nc2cccc(COc3cc(OC)cc4oc(-c5cn6nc(OC)sc6n5)cc34)c2)c(F)c1. The van der Waals surface area contributed by atoms with Gasteiger partial charge in [-0.2, -0.15) is 0 Å². The molecule has 6 aromatic rings. The molecule has 43 heavy (non-hydrogen) atoms. The van der Waals surface area contributed by atoms with E-state index in [0.29, 0.717) is 67.3 Å². The van der Waals surface area contributed by atoms with Crippen molar-refractivity contribution < 1.29 is 32.2 Å². The molecule has 6 rings (SSSR count). The summed E-state index contributed by atoms with van der Waals surface area (Å²) in [5, 5.41) is 8.10. The number of ether oxygens (including phenoxy) is 3. The maximum absolute atomic E-state index is 14.6. The second-order valence-corrected chi connectivity index (χ2v) is 10.6. The van der Waals surface area contributed by atoms with Gasteiger partial charge in [0.25, 0.3) is 11.1 Å². The molecule has 9 nitrogen and oxygen atoms in total. The van der Waals surface area contributed by atoms with Crippen molar-refractivity contribution >= 4 is 38.9 Å². The Labute approximate surface area is 248 Å². The molecule has 0 aliphatic rings. The number of aromatic nitrogens is 3. The number of hydrogen-bond acceptors (Lipinski definition) is 8. The van der Waals surface area contributed by atoms with Crippen LogP contribution in [-0.4, -0.2) is 34.7 Å². The Morgan fingerprint density at radius 1 is 1.05 bits per heavy atom. The number of halogens is 2. The zero-order valence-electron chi connectivity index (χ0n) is 23.4. The number of rotatable bonds is 10. The highest BCUT2D eigenvalue weighted by molar-refractivity contribution is 7.18. The molecule has 220 valence electrons. The highest BCUT2D eigenvalue weighted by atomic mass is 32.1. The fourth-order valence-corrected chi connectivity index (χ4v) is 5.40. The van der Waals surface area contributed by atoms with Crippen molar-refractivity contribution in [3.05, 3.63) is 89.1 Å². The van der Waals surface area contributed by atoms with E-state index in [0.717, 1.165) is 6.42 Å². The van der Waals surface area contributed by atoms with Crippen molar-refractivity contribution in [2.45, 2.75) is 26.4 Å². The Kier molecular flexibility index (Phi) is 7.68. The molecule has 0 saturated carbocycles. The van der Waals surface area contributed by atoms with Crippen molar-refractivity contribution in [3.8, 4) is 28.1 Å². The van der Waals surface area contributed by atoms with Gasteiger partial charge in [-0.1, -0.05) is 25.5 Å². The predicted molar refractivity (Wildman–Crippen MR) is 158 cm³/mol. The summed E-state index contributed by atoms with van der Waals surface area (Å²) in [5.74, 6) is -1.09. The molecule has 1 amide bonds. The Balaban J connectivity index is 1.21. The maximum atomic E-state index is 14.6. The van der Waals surface area contributed by atoms with Crippen molar-refractivity contribution in [3.63, 3.8) is 0 Å². The molecular formula is C31H26F2N4O5S. The lowest BCUT2D eigenvalue weighted by Crippen LogP contribution is -2.16. The number of hydrogen-bond donors (Lipinski definition) is 1. The Hall–Kier alpha value is -4.97. The fraction of sp³-hybridized carbons (Fsp3) is 0.194. The third-order valence-corrected chi connectivity index (χ3v) is 7.59. The van der Waals surface area contributed by atoms with E-state index in [1.165, 1.54) is 23.5 Å². The van der Waals surface area contributed by atoms with E-state index in [-0.39, 0.29) is 6.61 Å². The molecule has 0 spiro atoms. The molecule has 0 aliphatic heterocycles. The van der Waals surface area contributed by atoms with Gasteiger partial charge in [0.1, 0.15) is 46.6 Å². The fourth-order valence-electron chi connectivity index (χ4n) is 4.70. The Morgan fingerprint density at radius 3 is 2.58 bits per heavy atom. The average Bonchev–Trinajstić information content (AvgIpc) is 3.69. The van der Waals surface area contributed by atoms with Crippen LogP contribution in [0.1, 0.15) is 34.8 Å². The Morgan fingerprint density at radius 2 is 1.86 bits per heavy atom. The van der Waals surface area contributed by atoms with Gasteiger partial charge in [-0.25, -0.2) is 18.3 Å². The number of anilines is 1. The van der Waals surface area contributed by atoms with E-state index in [4.69, 9.17) is 18.6 Å². The van der Waals surface area contributed by atoms with Gasteiger partial charge in [-0.05, 0) is 59.2 Å². The van der Waals surface area contributed by atoms with Gasteiger partial charge in [0.05, 0.1) is 25.8 Å². The highest BCUT2D eigenvalue weighted by Crippen LogP contribution is 2.37.